The van der Waals surface area contributed by atoms with Crippen LogP contribution in [0.25, 0.3) is 0 Å². The second-order valence-electron chi connectivity index (χ2n) is 1.99. The third-order valence-corrected chi connectivity index (χ3v) is 1.80. The van der Waals surface area contributed by atoms with Gasteiger partial charge in [-0.15, -0.1) is 0 Å². The second-order valence-corrected chi connectivity index (χ2v) is 2.84. The predicted molar refractivity (Wildman–Crippen MR) is 43.9 cm³/mol. The monoisotopic (exact) mass is 217 g/mol. The summed E-state index contributed by atoms with van der Waals surface area (Å²) in [5, 5.41) is 0. The fourth-order valence-corrected chi connectivity index (χ4v) is 1.10. The molecule has 0 heterocycles. The zero-order valence-corrected chi connectivity index (χ0v) is 6.95. The van der Waals surface area contributed by atoms with Gasteiger partial charge >= 0.3 is 0 Å². The van der Waals surface area contributed by atoms with Gasteiger partial charge in [0, 0.05) is 0 Å². The molecule has 0 aliphatic carbocycles. The van der Waals surface area contributed by atoms with Crippen molar-refractivity contribution in [1.82, 2.24) is 0 Å². The number of nitrogens with two attached hydrogens (primary N) is 1. The number of anilines is 1. The second kappa shape index (κ2) is 2.81. The molecule has 1 rings (SSSR count). The number of hydrogen-bond donors (Lipinski definition) is 1. The topological polar surface area (TPSA) is 26.0 Å². The molecule has 0 saturated heterocycles. The summed E-state index contributed by atoms with van der Waals surface area (Å²) in [6.45, 7) is 0. The summed E-state index contributed by atoms with van der Waals surface area (Å²) in [4.78, 5) is 0. The van der Waals surface area contributed by atoms with Gasteiger partial charge in [-0.1, -0.05) is 5.46 Å². The van der Waals surface area contributed by atoms with Crippen molar-refractivity contribution in [2.45, 2.75) is 0 Å². The molecule has 0 fully saturated rings. The van der Waals surface area contributed by atoms with Crippen molar-refractivity contribution in [2.75, 3.05) is 5.73 Å². The highest BCUT2D eigenvalue weighted by Gasteiger charge is 2.10. The Hall–Kier alpha value is -0.575. The molecule has 0 spiro atoms. The van der Waals surface area contributed by atoms with Crippen molar-refractivity contribution in [3.8, 4) is 0 Å². The summed E-state index contributed by atoms with van der Waals surface area (Å²) in [6.07, 6.45) is 0. The van der Waals surface area contributed by atoms with Gasteiger partial charge in [0.15, 0.2) is 5.82 Å². The normalized spacial score (nSPS) is 10.1. The van der Waals surface area contributed by atoms with Crippen LogP contribution in [-0.4, -0.2) is 7.85 Å². The number of halogens is 3. The summed E-state index contributed by atoms with van der Waals surface area (Å²) >= 11 is 2.83. The molecule has 1 aromatic carbocycles. The number of benzene rings is 1. The maximum absolute atomic E-state index is 12.7. The highest BCUT2D eigenvalue weighted by atomic mass is 79.9. The predicted octanol–water partition coefficient (Wildman–Crippen LogP) is 1.10. The molecule has 0 aliphatic rings. The van der Waals surface area contributed by atoms with Gasteiger partial charge in [-0.05, 0) is 22.0 Å². The Labute approximate surface area is 72.1 Å². The standard InChI is InChI=1S/C6H3BBrF2N/c7-2-1-3(8)5(10)6(11)4(2)9/h1H,11H2. The van der Waals surface area contributed by atoms with Crippen molar-refractivity contribution in [2.24, 2.45) is 0 Å². The number of rotatable bonds is 0. The lowest BCUT2D eigenvalue weighted by Crippen LogP contribution is -2.13. The summed E-state index contributed by atoms with van der Waals surface area (Å²) in [7, 11) is 5.14. The van der Waals surface area contributed by atoms with E-state index in [1.807, 2.05) is 0 Å². The van der Waals surface area contributed by atoms with E-state index in [-0.39, 0.29) is 9.94 Å². The molecular weight excluding hydrogens is 215 g/mol. The molecule has 0 aliphatic heterocycles. The van der Waals surface area contributed by atoms with Gasteiger partial charge in [0.2, 0.25) is 0 Å². The third kappa shape index (κ3) is 1.38. The molecule has 0 aromatic heterocycles. The number of hydrogen-bond acceptors (Lipinski definition) is 1. The smallest absolute Gasteiger partial charge is 0.163 e. The Balaban J connectivity index is 3.46. The first-order valence-electron chi connectivity index (χ1n) is 2.72. The van der Waals surface area contributed by atoms with E-state index in [1.54, 1.807) is 0 Å². The summed E-state index contributed by atoms with van der Waals surface area (Å²) in [6, 6.07) is 1.13. The van der Waals surface area contributed by atoms with Crippen molar-refractivity contribution in [3.05, 3.63) is 22.2 Å². The van der Waals surface area contributed by atoms with Crippen LogP contribution in [0.3, 0.4) is 0 Å². The summed E-state index contributed by atoms with van der Waals surface area (Å²) < 4.78 is 25.4. The zero-order valence-electron chi connectivity index (χ0n) is 5.37. The van der Waals surface area contributed by atoms with E-state index >= 15 is 0 Å². The first kappa shape index (κ1) is 8.52. The van der Waals surface area contributed by atoms with Crippen LogP contribution in [0.1, 0.15) is 0 Å². The number of nitrogen functional groups attached to an aromatic ring is 1. The first-order valence-corrected chi connectivity index (χ1v) is 3.51. The Kier molecular flexibility index (Phi) is 2.18. The lowest BCUT2D eigenvalue weighted by atomic mass is 9.95. The molecule has 1 aromatic rings. The maximum Gasteiger partial charge on any atom is 0.163 e. The van der Waals surface area contributed by atoms with E-state index in [9.17, 15) is 8.78 Å². The van der Waals surface area contributed by atoms with Gasteiger partial charge in [0.25, 0.3) is 0 Å². The molecule has 0 atom stereocenters. The molecule has 5 heteroatoms. The van der Waals surface area contributed by atoms with Gasteiger partial charge in [-0.25, -0.2) is 8.78 Å². The van der Waals surface area contributed by atoms with Crippen LogP contribution >= 0.6 is 15.9 Å². The average molecular weight is 218 g/mol. The quantitative estimate of drug-likeness (QED) is 0.393. The van der Waals surface area contributed by atoms with E-state index < -0.39 is 17.3 Å². The minimum absolute atomic E-state index is 0.0638. The molecule has 0 unspecified atom stereocenters. The molecule has 11 heavy (non-hydrogen) atoms. The minimum atomic E-state index is -0.911. The van der Waals surface area contributed by atoms with Gasteiger partial charge in [-0.3, -0.25) is 0 Å². The van der Waals surface area contributed by atoms with Crippen LogP contribution in [0, 0.1) is 11.6 Å². The summed E-state index contributed by atoms with van der Waals surface area (Å²) in [5.41, 5.74) is 4.29. The van der Waals surface area contributed by atoms with Crippen LogP contribution in [-0.2, 0) is 0 Å². The van der Waals surface area contributed by atoms with Crippen molar-refractivity contribution in [1.29, 1.82) is 0 Å². The van der Waals surface area contributed by atoms with Crippen molar-refractivity contribution < 1.29 is 8.78 Å². The van der Waals surface area contributed by atoms with Crippen molar-refractivity contribution >= 4 is 34.9 Å². The van der Waals surface area contributed by atoms with Gasteiger partial charge < -0.3 is 5.73 Å². The van der Waals surface area contributed by atoms with Crippen molar-refractivity contribution in [3.63, 3.8) is 0 Å². The highest BCUT2D eigenvalue weighted by molar-refractivity contribution is 9.10. The molecule has 56 valence electrons. The van der Waals surface area contributed by atoms with Gasteiger partial charge in [-0.2, -0.15) is 0 Å². The lowest BCUT2D eigenvalue weighted by molar-refractivity contribution is 0.592. The zero-order chi connectivity index (χ0) is 8.59. The van der Waals surface area contributed by atoms with Crippen LogP contribution < -0.4 is 11.2 Å². The van der Waals surface area contributed by atoms with Crippen LogP contribution in [0.15, 0.2) is 10.5 Å². The Morgan fingerprint density at radius 3 is 2.45 bits per heavy atom. The fourth-order valence-electron chi connectivity index (χ4n) is 0.644. The molecule has 2 radical (unpaired) electrons. The Morgan fingerprint density at radius 2 is 1.91 bits per heavy atom. The molecule has 0 amide bonds. The van der Waals surface area contributed by atoms with E-state index in [0.29, 0.717) is 0 Å². The molecule has 0 bridgehead atoms. The SMILES string of the molecule is [B]c1cc(Br)c(F)c(N)c1F. The maximum atomic E-state index is 12.7. The molecule has 2 N–H and O–H groups in total. The van der Waals surface area contributed by atoms with E-state index in [0.717, 1.165) is 6.07 Å². The van der Waals surface area contributed by atoms with Gasteiger partial charge in [0.05, 0.1) is 4.47 Å². The fraction of sp³-hybridized carbons (Fsp3) is 0. The van der Waals surface area contributed by atoms with E-state index in [1.165, 1.54) is 0 Å². The van der Waals surface area contributed by atoms with Crippen LogP contribution in [0.2, 0.25) is 0 Å². The van der Waals surface area contributed by atoms with E-state index in [4.69, 9.17) is 13.6 Å². The highest BCUT2D eigenvalue weighted by Crippen LogP contribution is 2.21. The minimum Gasteiger partial charge on any atom is -0.394 e. The lowest BCUT2D eigenvalue weighted by Gasteiger charge is -2.03. The van der Waals surface area contributed by atoms with Crippen LogP contribution in [0.4, 0.5) is 14.5 Å². The molecular formula is C6H3BBrF2N. The first-order chi connectivity index (χ1) is 5.04. The average Bonchev–Trinajstić information content (AvgIpc) is 1.97. The van der Waals surface area contributed by atoms with E-state index in [2.05, 4.69) is 15.9 Å². The van der Waals surface area contributed by atoms with Crippen LogP contribution in [0.5, 0.6) is 0 Å². The molecule has 0 saturated carbocycles. The Bertz CT molecular complexity index is 277. The summed E-state index contributed by atoms with van der Waals surface area (Å²) in [5.74, 6) is -1.73. The third-order valence-electron chi connectivity index (χ3n) is 1.22. The largest absolute Gasteiger partial charge is 0.394 e. The Morgan fingerprint density at radius 1 is 1.36 bits per heavy atom. The molecule has 1 nitrogen and oxygen atoms in total. The van der Waals surface area contributed by atoms with Gasteiger partial charge in [0.1, 0.15) is 19.4 Å².